The third-order valence-corrected chi connectivity index (χ3v) is 17.7. The summed E-state index contributed by atoms with van der Waals surface area (Å²) in [6, 6.07) is -0.628. The Morgan fingerprint density at radius 1 is 0.337 bits per heavy atom. The van der Waals surface area contributed by atoms with E-state index in [1.165, 1.54) is 347 Å². The van der Waals surface area contributed by atoms with Crippen molar-refractivity contribution in [2.75, 3.05) is 13.2 Å². The molecule has 0 saturated carbocycles. The van der Waals surface area contributed by atoms with Gasteiger partial charge in [-0.05, 0) is 64.2 Å². The number of aliphatic hydroxyl groups excluding tert-OH is 2. The second kappa shape index (κ2) is 72.6. The van der Waals surface area contributed by atoms with E-state index < -0.39 is 12.1 Å². The molecule has 2 unspecified atom stereocenters. The maximum absolute atomic E-state index is 12.5. The third-order valence-electron chi connectivity index (χ3n) is 17.7. The summed E-state index contributed by atoms with van der Waals surface area (Å²) in [5.74, 6) is -0.0463. The molecule has 0 fully saturated rings. The number of esters is 1. The van der Waals surface area contributed by atoms with Crippen LogP contribution in [0.5, 0.6) is 0 Å². The maximum Gasteiger partial charge on any atom is 0.305 e. The Bertz CT molecular complexity index is 1340. The van der Waals surface area contributed by atoms with Crippen molar-refractivity contribution in [3.63, 3.8) is 0 Å². The molecular formula is C77H147NO5. The third kappa shape index (κ3) is 69.1. The number of rotatable bonds is 71. The van der Waals surface area contributed by atoms with Gasteiger partial charge in [-0.2, -0.15) is 0 Å². The average molecular weight is 1170 g/mol. The molecule has 83 heavy (non-hydrogen) atoms. The molecule has 0 spiro atoms. The number of unbranched alkanes of at least 4 members (excludes halogenated alkanes) is 56. The summed E-state index contributed by atoms with van der Waals surface area (Å²) < 4.78 is 5.51. The molecule has 0 aromatic heterocycles. The zero-order chi connectivity index (χ0) is 59.9. The van der Waals surface area contributed by atoms with Gasteiger partial charge in [-0.1, -0.05) is 378 Å². The van der Waals surface area contributed by atoms with Crippen LogP contribution < -0.4 is 5.32 Å². The van der Waals surface area contributed by atoms with Crippen LogP contribution in [0.3, 0.4) is 0 Å². The van der Waals surface area contributed by atoms with Crippen LogP contribution in [0.4, 0.5) is 0 Å². The molecule has 490 valence electrons. The number of aliphatic hydroxyl groups is 2. The van der Waals surface area contributed by atoms with E-state index in [1.54, 1.807) is 6.08 Å². The summed E-state index contributed by atoms with van der Waals surface area (Å²) in [5, 5.41) is 23.2. The number of nitrogens with one attached hydrogen (secondary N) is 1. The topological polar surface area (TPSA) is 95.9 Å². The lowest BCUT2D eigenvalue weighted by Crippen LogP contribution is -2.45. The van der Waals surface area contributed by atoms with Gasteiger partial charge in [0.05, 0.1) is 25.4 Å². The fourth-order valence-electron chi connectivity index (χ4n) is 11.9. The van der Waals surface area contributed by atoms with E-state index in [4.69, 9.17) is 4.74 Å². The van der Waals surface area contributed by atoms with Gasteiger partial charge in [0, 0.05) is 12.8 Å². The van der Waals surface area contributed by atoms with Gasteiger partial charge in [-0.15, -0.1) is 0 Å². The summed E-state index contributed by atoms with van der Waals surface area (Å²) in [6.45, 7) is 4.94. The van der Waals surface area contributed by atoms with Crippen LogP contribution in [0.1, 0.15) is 418 Å². The highest BCUT2D eigenvalue weighted by Crippen LogP contribution is 2.19. The van der Waals surface area contributed by atoms with E-state index in [2.05, 4.69) is 43.5 Å². The summed E-state index contributed by atoms with van der Waals surface area (Å²) in [5.41, 5.74) is 0. The van der Waals surface area contributed by atoms with Crippen LogP contribution in [0.25, 0.3) is 0 Å². The first-order valence-corrected chi connectivity index (χ1v) is 37.8. The number of hydrogen-bond donors (Lipinski definition) is 3. The zero-order valence-electron chi connectivity index (χ0n) is 56.2. The Labute approximate surface area is 519 Å². The van der Waals surface area contributed by atoms with Crippen molar-refractivity contribution in [2.45, 2.75) is 431 Å². The van der Waals surface area contributed by atoms with Gasteiger partial charge in [-0.25, -0.2) is 0 Å². The Morgan fingerprint density at radius 2 is 0.602 bits per heavy atom. The molecule has 1 amide bonds. The van der Waals surface area contributed by atoms with Gasteiger partial charge in [0.1, 0.15) is 0 Å². The molecular weight excluding hydrogens is 1020 g/mol. The van der Waals surface area contributed by atoms with E-state index in [1.807, 2.05) is 6.08 Å². The SMILES string of the molecule is CCCCCCCCCCCCCCCC/C=C/C(O)C(CO)NC(=O)CCCCCCCCCCCCCCCCC/C=C\C/C=C\CCCCCCCCCCCOC(=O)CCCCCCCCCCCCCCCCCCCCC. The van der Waals surface area contributed by atoms with E-state index >= 15 is 0 Å². The summed E-state index contributed by atoms with van der Waals surface area (Å²) >= 11 is 0. The summed E-state index contributed by atoms with van der Waals surface area (Å²) in [7, 11) is 0. The zero-order valence-corrected chi connectivity index (χ0v) is 56.2. The van der Waals surface area contributed by atoms with Gasteiger partial charge in [0.25, 0.3) is 0 Å². The molecule has 0 aromatic rings. The van der Waals surface area contributed by atoms with Crippen LogP contribution >= 0.6 is 0 Å². The van der Waals surface area contributed by atoms with E-state index in [9.17, 15) is 19.8 Å². The molecule has 2 atom stereocenters. The van der Waals surface area contributed by atoms with Gasteiger partial charge >= 0.3 is 5.97 Å². The van der Waals surface area contributed by atoms with Gasteiger partial charge in [0.2, 0.25) is 5.91 Å². The van der Waals surface area contributed by atoms with Crippen LogP contribution in [-0.4, -0.2) is 47.4 Å². The van der Waals surface area contributed by atoms with Crippen molar-refractivity contribution in [2.24, 2.45) is 0 Å². The van der Waals surface area contributed by atoms with E-state index in [-0.39, 0.29) is 18.5 Å². The number of carbonyl (C=O) groups excluding carboxylic acids is 2. The largest absolute Gasteiger partial charge is 0.466 e. The Kier molecular flexibility index (Phi) is 70.9. The molecule has 6 nitrogen and oxygen atoms in total. The molecule has 0 aliphatic rings. The molecule has 6 heteroatoms. The highest BCUT2D eigenvalue weighted by atomic mass is 16.5. The molecule has 0 rings (SSSR count). The van der Waals surface area contributed by atoms with Crippen molar-refractivity contribution in [1.82, 2.24) is 5.32 Å². The number of hydrogen-bond acceptors (Lipinski definition) is 5. The normalized spacial score (nSPS) is 12.7. The molecule has 0 bridgehead atoms. The monoisotopic (exact) mass is 1170 g/mol. The smallest absolute Gasteiger partial charge is 0.305 e. The fraction of sp³-hybridized carbons (Fsp3) is 0.896. The number of allylic oxidation sites excluding steroid dienone is 5. The second-order valence-corrected chi connectivity index (χ2v) is 26.0. The van der Waals surface area contributed by atoms with Crippen LogP contribution in [-0.2, 0) is 14.3 Å². The predicted molar refractivity (Wildman–Crippen MR) is 366 cm³/mol. The summed E-state index contributed by atoms with van der Waals surface area (Å²) in [4.78, 5) is 24.6. The molecule has 0 aliphatic heterocycles. The molecule has 0 heterocycles. The van der Waals surface area contributed by atoms with Gasteiger partial charge in [0.15, 0.2) is 0 Å². The minimum atomic E-state index is -0.844. The van der Waals surface area contributed by atoms with Crippen molar-refractivity contribution in [3.8, 4) is 0 Å². The van der Waals surface area contributed by atoms with E-state index in [0.717, 1.165) is 44.9 Å². The standard InChI is InChI=1S/C77H147NO5/c1-3-5-7-9-11-13-15-17-19-21-35-39-43-47-51-55-59-63-67-71-77(82)83-72-68-64-60-56-52-48-44-40-37-34-32-30-28-26-24-22-23-25-27-29-31-33-36-38-42-46-50-54-58-62-66-70-76(81)78-74(73-79)75(80)69-65-61-57-53-49-45-41-20-18-16-14-12-10-8-6-4-2/h24,26,30,32,65,69,74-75,79-80H,3-23,25,27-29,31,33-64,66-68,70-73H2,1-2H3,(H,78,81)/b26-24-,32-30-,69-65+. The van der Waals surface area contributed by atoms with Crippen LogP contribution in [0.15, 0.2) is 36.5 Å². The summed E-state index contributed by atoms with van der Waals surface area (Å²) in [6.07, 6.45) is 93.9. The van der Waals surface area contributed by atoms with Crippen LogP contribution in [0.2, 0.25) is 0 Å². The fourth-order valence-corrected chi connectivity index (χ4v) is 11.9. The van der Waals surface area contributed by atoms with Gasteiger partial charge < -0.3 is 20.3 Å². The van der Waals surface area contributed by atoms with Crippen molar-refractivity contribution in [3.05, 3.63) is 36.5 Å². The Hall–Kier alpha value is -1.92. The first kappa shape index (κ1) is 81.1. The lowest BCUT2D eigenvalue weighted by atomic mass is 10.0. The number of amides is 1. The minimum absolute atomic E-state index is 0.0183. The average Bonchev–Trinajstić information content (AvgIpc) is 3.49. The Morgan fingerprint density at radius 3 is 0.916 bits per heavy atom. The lowest BCUT2D eigenvalue weighted by Gasteiger charge is -2.20. The van der Waals surface area contributed by atoms with Gasteiger partial charge in [-0.3, -0.25) is 9.59 Å². The first-order valence-electron chi connectivity index (χ1n) is 37.8. The van der Waals surface area contributed by atoms with E-state index in [0.29, 0.717) is 19.4 Å². The first-order chi connectivity index (χ1) is 41.0. The molecule has 0 radical (unpaired) electrons. The Balaban J connectivity index is 3.38. The minimum Gasteiger partial charge on any atom is -0.466 e. The number of ether oxygens (including phenoxy) is 1. The highest BCUT2D eigenvalue weighted by Gasteiger charge is 2.18. The molecule has 0 saturated heterocycles. The quantitative estimate of drug-likeness (QED) is 0.0320. The van der Waals surface area contributed by atoms with Crippen molar-refractivity contribution < 1.29 is 24.5 Å². The highest BCUT2D eigenvalue weighted by molar-refractivity contribution is 5.76. The van der Waals surface area contributed by atoms with Crippen molar-refractivity contribution in [1.29, 1.82) is 0 Å². The second-order valence-electron chi connectivity index (χ2n) is 26.0. The molecule has 3 N–H and O–H groups in total. The lowest BCUT2D eigenvalue weighted by molar-refractivity contribution is -0.143. The van der Waals surface area contributed by atoms with Crippen LogP contribution in [0, 0.1) is 0 Å². The number of carbonyl (C=O) groups is 2. The van der Waals surface area contributed by atoms with Crippen molar-refractivity contribution >= 4 is 11.9 Å². The predicted octanol–water partition coefficient (Wildman–Crippen LogP) is 24.7. The molecule has 0 aliphatic carbocycles. The maximum atomic E-state index is 12.5. The molecule has 0 aromatic carbocycles.